The van der Waals surface area contributed by atoms with Gasteiger partial charge >= 0.3 is 5.97 Å². The van der Waals surface area contributed by atoms with E-state index in [9.17, 15) is 9.59 Å². The van der Waals surface area contributed by atoms with E-state index in [4.69, 9.17) is 13.9 Å². The van der Waals surface area contributed by atoms with E-state index in [0.29, 0.717) is 27.7 Å². The molecule has 4 aromatic rings. The Morgan fingerprint density at radius 3 is 2.64 bits per heavy atom. The molecule has 0 atom stereocenters. The second-order valence-corrected chi connectivity index (χ2v) is 8.53. The third kappa shape index (κ3) is 4.34. The molecule has 0 radical (unpaired) electrons. The van der Waals surface area contributed by atoms with Crippen molar-refractivity contribution in [1.82, 2.24) is 4.98 Å². The van der Waals surface area contributed by atoms with Gasteiger partial charge in [-0.1, -0.05) is 12.1 Å². The molecule has 0 bridgehead atoms. The Bertz CT molecular complexity index is 1350. The Kier molecular flexibility index (Phi) is 6.20. The summed E-state index contributed by atoms with van der Waals surface area (Å²) in [4.78, 5) is 31.2. The number of esters is 1. The van der Waals surface area contributed by atoms with Gasteiger partial charge in [-0.3, -0.25) is 9.69 Å². The van der Waals surface area contributed by atoms with Crippen molar-refractivity contribution in [1.29, 1.82) is 0 Å². The van der Waals surface area contributed by atoms with Crippen LogP contribution in [0, 0.1) is 20.8 Å². The lowest BCUT2D eigenvalue weighted by atomic mass is 10.1. The summed E-state index contributed by atoms with van der Waals surface area (Å²) in [6, 6.07) is 11.2. The Morgan fingerprint density at radius 2 is 1.91 bits per heavy atom. The molecule has 0 unspecified atom stereocenters. The van der Waals surface area contributed by atoms with Crippen LogP contribution >= 0.6 is 11.3 Å². The number of thiazole rings is 1. The summed E-state index contributed by atoms with van der Waals surface area (Å²) in [5.74, 6) is 0.111. The number of hydrogen-bond acceptors (Lipinski definition) is 7. The molecule has 0 saturated heterocycles. The zero-order chi connectivity index (χ0) is 23.7. The van der Waals surface area contributed by atoms with Crippen LogP contribution in [0.25, 0.3) is 11.0 Å². The molecule has 2 heterocycles. The number of carbonyl (C=O) groups excluding carboxylic acids is 2. The third-order valence-electron chi connectivity index (χ3n) is 5.54. The largest absolute Gasteiger partial charge is 0.497 e. The highest BCUT2D eigenvalue weighted by molar-refractivity contribution is 7.14. The first-order chi connectivity index (χ1) is 15.8. The second kappa shape index (κ2) is 9.07. The van der Waals surface area contributed by atoms with Crippen LogP contribution in [-0.2, 0) is 16.1 Å². The smallest absolute Gasteiger partial charge is 0.374 e. The fourth-order valence-corrected chi connectivity index (χ4v) is 4.44. The highest BCUT2D eigenvalue weighted by atomic mass is 32.1. The van der Waals surface area contributed by atoms with Gasteiger partial charge in [-0.15, -0.1) is 11.3 Å². The number of methoxy groups -OCH3 is 1. The molecule has 0 N–H and O–H groups in total. The minimum atomic E-state index is -0.574. The van der Waals surface area contributed by atoms with Crippen LogP contribution < -0.4 is 9.64 Å². The molecular weight excluding hydrogens is 440 g/mol. The van der Waals surface area contributed by atoms with Crippen molar-refractivity contribution in [2.75, 3.05) is 12.0 Å². The number of aryl methyl sites for hydroxylation is 2. The second-order valence-electron chi connectivity index (χ2n) is 7.69. The van der Waals surface area contributed by atoms with Crippen molar-refractivity contribution in [3.63, 3.8) is 0 Å². The molecule has 0 saturated carbocycles. The summed E-state index contributed by atoms with van der Waals surface area (Å²) in [6.45, 7) is 7.25. The Morgan fingerprint density at radius 1 is 1.12 bits per heavy atom. The van der Waals surface area contributed by atoms with Crippen LogP contribution in [0.5, 0.6) is 5.75 Å². The van der Waals surface area contributed by atoms with E-state index >= 15 is 0 Å². The molecule has 0 spiro atoms. The number of anilines is 2. The predicted molar refractivity (Wildman–Crippen MR) is 127 cm³/mol. The van der Waals surface area contributed by atoms with Crippen molar-refractivity contribution < 1.29 is 23.5 Å². The van der Waals surface area contributed by atoms with Gasteiger partial charge in [-0.25, -0.2) is 9.78 Å². The van der Waals surface area contributed by atoms with Gasteiger partial charge in [0, 0.05) is 23.3 Å². The van der Waals surface area contributed by atoms with Crippen molar-refractivity contribution in [3.8, 4) is 5.75 Å². The maximum atomic E-state index is 12.7. The monoisotopic (exact) mass is 464 g/mol. The molecular formula is C25H24N2O5S. The number of hydrogen-bond donors (Lipinski definition) is 0. The van der Waals surface area contributed by atoms with Gasteiger partial charge in [0.05, 0.1) is 18.5 Å². The molecule has 7 nitrogen and oxygen atoms in total. The van der Waals surface area contributed by atoms with Crippen LogP contribution in [0.1, 0.15) is 39.9 Å². The molecule has 4 rings (SSSR count). The molecule has 2 aromatic carbocycles. The molecule has 0 fully saturated rings. The fourth-order valence-electron chi connectivity index (χ4n) is 3.58. The van der Waals surface area contributed by atoms with Crippen LogP contribution in [0.4, 0.5) is 10.8 Å². The van der Waals surface area contributed by atoms with Gasteiger partial charge in [-0.2, -0.15) is 0 Å². The molecule has 1 amide bonds. The first-order valence-electron chi connectivity index (χ1n) is 10.4. The normalized spacial score (nSPS) is 10.9. The van der Waals surface area contributed by atoms with Gasteiger partial charge in [0.25, 0.3) is 0 Å². The zero-order valence-electron chi connectivity index (χ0n) is 19.1. The standard InChI is InChI=1S/C25H24N2O5S/c1-14-7-6-8-21(15(14)2)27(17(4)28)25-26-18(13-33-25)12-31-24(29)23-16(3)20-11-19(30-5)9-10-22(20)32-23/h6-11,13H,12H2,1-5H3. The lowest BCUT2D eigenvalue weighted by Crippen LogP contribution is -2.23. The van der Waals surface area contributed by atoms with E-state index in [0.717, 1.165) is 22.2 Å². The molecule has 8 heteroatoms. The third-order valence-corrected chi connectivity index (χ3v) is 6.42. The van der Waals surface area contributed by atoms with Crippen LogP contribution in [0.2, 0.25) is 0 Å². The van der Waals surface area contributed by atoms with E-state index in [1.165, 1.54) is 18.3 Å². The van der Waals surface area contributed by atoms with Gasteiger partial charge in [0.15, 0.2) is 5.13 Å². The number of benzene rings is 2. The number of nitrogens with zero attached hydrogens (tertiary/aromatic N) is 2. The Labute approximate surface area is 195 Å². The fraction of sp³-hybridized carbons (Fsp3) is 0.240. The molecule has 33 heavy (non-hydrogen) atoms. The van der Waals surface area contributed by atoms with Crippen LogP contribution in [0.15, 0.2) is 46.2 Å². The van der Waals surface area contributed by atoms with Crippen molar-refractivity contribution >= 4 is 45.0 Å². The predicted octanol–water partition coefficient (Wildman–Crippen LogP) is 5.86. The Hall–Kier alpha value is -3.65. The number of carbonyl (C=O) groups is 2. The van der Waals surface area contributed by atoms with Crippen LogP contribution in [0.3, 0.4) is 0 Å². The van der Waals surface area contributed by atoms with Gasteiger partial charge < -0.3 is 13.9 Å². The first kappa shape index (κ1) is 22.5. The minimum absolute atomic E-state index is 0.0340. The van der Waals surface area contributed by atoms with Gasteiger partial charge in [0.1, 0.15) is 17.9 Å². The van der Waals surface area contributed by atoms with E-state index in [-0.39, 0.29) is 18.3 Å². The van der Waals surface area contributed by atoms with Crippen molar-refractivity contribution in [3.05, 3.63) is 69.9 Å². The lowest BCUT2D eigenvalue weighted by Gasteiger charge is -2.21. The number of amides is 1. The molecule has 2 aromatic heterocycles. The lowest BCUT2D eigenvalue weighted by molar-refractivity contribution is -0.115. The van der Waals surface area contributed by atoms with Gasteiger partial charge in [0.2, 0.25) is 11.7 Å². The number of fused-ring (bicyclic) bond motifs is 1. The highest BCUT2D eigenvalue weighted by Crippen LogP contribution is 2.33. The zero-order valence-corrected chi connectivity index (χ0v) is 19.9. The summed E-state index contributed by atoms with van der Waals surface area (Å²) in [7, 11) is 1.58. The van der Waals surface area contributed by atoms with Gasteiger partial charge in [-0.05, 0) is 56.2 Å². The van der Waals surface area contributed by atoms with E-state index in [2.05, 4.69) is 4.98 Å². The molecule has 0 aliphatic rings. The molecule has 0 aliphatic carbocycles. The molecule has 170 valence electrons. The highest BCUT2D eigenvalue weighted by Gasteiger charge is 2.22. The average Bonchev–Trinajstić information content (AvgIpc) is 3.39. The number of ether oxygens (including phenoxy) is 2. The summed E-state index contributed by atoms with van der Waals surface area (Å²) in [5, 5.41) is 3.09. The number of aromatic nitrogens is 1. The van der Waals surface area contributed by atoms with Crippen molar-refractivity contribution in [2.45, 2.75) is 34.3 Å². The molecule has 0 aliphatic heterocycles. The number of rotatable bonds is 6. The van der Waals surface area contributed by atoms with E-state index < -0.39 is 5.97 Å². The summed E-state index contributed by atoms with van der Waals surface area (Å²) < 4.78 is 16.4. The average molecular weight is 465 g/mol. The Balaban J connectivity index is 1.52. The SMILES string of the molecule is COc1ccc2oc(C(=O)OCc3csc(N(C(C)=O)c4cccc(C)c4C)n3)c(C)c2c1. The maximum Gasteiger partial charge on any atom is 0.374 e. The topological polar surface area (TPSA) is 81.9 Å². The van der Waals surface area contributed by atoms with Crippen LogP contribution in [-0.4, -0.2) is 24.0 Å². The quantitative estimate of drug-likeness (QED) is 0.332. The van der Waals surface area contributed by atoms with Crippen molar-refractivity contribution in [2.24, 2.45) is 0 Å². The number of furan rings is 1. The first-order valence-corrected chi connectivity index (χ1v) is 11.2. The van der Waals surface area contributed by atoms with E-state index in [1.807, 2.05) is 38.1 Å². The summed E-state index contributed by atoms with van der Waals surface area (Å²) in [5.41, 5.74) is 4.70. The summed E-state index contributed by atoms with van der Waals surface area (Å²) in [6.07, 6.45) is 0. The summed E-state index contributed by atoms with van der Waals surface area (Å²) >= 11 is 1.32. The minimum Gasteiger partial charge on any atom is -0.497 e. The van der Waals surface area contributed by atoms with E-state index in [1.54, 1.807) is 36.4 Å². The maximum absolute atomic E-state index is 12.7.